The second-order valence-electron chi connectivity index (χ2n) is 4.78. The van der Waals surface area contributed by atoms with E-state index in [1.165, 1.54) is 24.3 Å². The molecule has 0 aliphatic rings. The fourth-order valence-corrected chi connectivity index (χ4v) is 1.79. The highest BCUT2D eigenvalue weighted by atomic mass is 19.1. The van der Waals surface area contributed by atoms with Gasteiger partial charge in [0.2, 0.25) is 11.8 Å². The van der Waals surface area contributed by atoms with Crippen LogP contribution in [0.15, 0.2) is 24.3 Å². The van der Waals surface area contributed by atoms with E-state index in [1.807, 2.05) is 0 Å². The van der Waals surface area contributed by atoms with Gasteiger partial charge in [-0.15, -0.1) is 0 Å². The maximum atomic E-state index is 12.7. The average molecular weight is 295 g/mol. The molecule has 21 heavy (non-hydrogen) atoms. The van der Waals surface area contributed by atoms with E-state index in [9.17, 15) is 14.0 Å². The number of carbonyl (C=O) groups is 2. The molecular weight excluding hydrogens is 273 g/mol. The molecule has 1 aromatic carbocycles. The Morgan fingerprint density at radius 2 is 1.67 bits per heavy atom. The van der Waals surface area contributed by atoms with Crippen LogP contribution in [0.5, 0.6) is 0 Å². The minimum absolute atomic E-state index is 0.0843. The fourth-order valence-electron chi connectivity index (χ4n) is 1.79. The van der Waals surface area contributed by atoms with Crippen LogP contribution in [0.3, 0.4) is 0 Å². The van der Waals surface area contributed by atoms with Crippen LogP contribution in [0.4, 0.5) is 10.1 Å². The quantitative estimate of drug-likeness (QED) is 0.607. The summed E-state index contributed by atoms with van der Waals surface area (Å²) in [4.78, 5) is 23.1. The molecule has 0 bridgehead atoms. The van der Waals surface area contributed by atoms with E-state index in [-0.39, 0.29) is 24.2 Å². The predicted octanol–water partition coefficient (Wildman–Crippen LogP) is 1.79. The van der Waals surface area contributed by atoms with E-state index in [0.717, 1.165) is 25.7 Å². The van der Waals surface area contributed by atoms with E-state index in [1.54, 1.807) is 0 Å². The first-order valence-electron chi connectivity index (χ1n) is 7.14. The molecule has 0 heterocycles. The van der Waals surface area contributed by atoms with Crippen molar-refractivity contribution >= 4 is 17.5 Å². The summed E-state index contributed by atoms with van der Waals surface area (Å²) < 4.78 is 12.7. The summed E-state index contributed by atoms with van der Waals surface area (Å²) in [7, 11) is 0. The van der Waals surface area contributed by atoms with Gasteiger partial charge in [0, 0.05) is 12.1 Å². The summed E-state index contributed by atoms with van der Waals surface area (Å²) in [6.07, 6.45) is 4.17. The summed E-state index contributed by atoms with van der Waals surface area (Å²) in [5.41, 5.74) is 5.88. The van der Waals surface area contributed by atoms with Crippen LogP contribution in [-0.2, 0) is 9.59 Å². The molecule has 0 aliphatic heterocycles. The summed E-state index contributed by atoms with van der Waals surface area (Å²) in [6, 6.07) is 5.45. The molecule has 0 aliphatic carbocycles. The maximum Gasteiger partial charge on any atom is 0.243 e. The molecule has 4 N–H and O–H groups in total. The van der Waals surface area contributed by atoms with Crippen molar-refractivity contribution in [1.82, 2.24) is 5.32 Å². The Morgan fingerprint density at radius 1 is 1.00 bits per heavy atom. The fraction of sp³-hybridized carbons (Fsp3) is 0.467. The maximum absolute atomic E-state index is 12.7. The van der Waals surface area contributed by atoms with E-state index < -0.39 is 0 Å². The van der Waals surface area contributed by atoms with Crippen LogP contribution >= 0.6 is 0 Å². The van der Waals surface area contributed by atoms with Crippen molar-refractivity contribution in [3.63, 3.8) is 0 Å². The molecule has 0 spiro atoms. The molecule has 0 saturated heterocycles. The number of unbranched alkanes of at least 4 members (excludes halogenated alkanes) is 3. The second kappa shape index (κ2) is 9.88. The van der Waals surface area contributed by atoms with Crippen LogP contribution < -0.4 is 16.4 Å². The topological polar surface area (TPSA) is 84.2 Å². The van der Waals surface area contributed by atoms with Gasteiger partial charge < -0.3 is 16.4 Å². The second-order valence-corrected chi connectivity index (χ2v) is 4.78. The Morgan fingerprint density at radius 3 is 2.33 bits per heavy atom. The van der Waals surface area contributed by atoms with Crippen LogP contribution in [-0.4, -0.2) is 24.9 Å². The van der Waals surface area contributed by atoms with Crippen LogP contribution in [0, 0.1) is 5.82 Å². The highest BCUT2D eigenvalue weighted by Crippen LogP contribution is 2.07. The van der Waals surface area contributed by atoms with Gasteiger partial charge >= 0.3 is 0 Å². The van der Waals surface area contributed by atoms with Gasteiger partial charge in [-0.1, -0.05) is 12.8 Å². The lowest BCUT2D eigenvalue weighted by atomic mass is 10.1. The molecule has 5 nitrogen and oxygen atoms in total. The van der Waals surface area contributed by atoms with Crippen molar-refractivity contribution in [1.29, 1.82) is 0 Å². The number of nitrogens with two attached hydrogens (primary N) is 1. The molecule has 1 aromatic rings. The zero-order valence-corrected chi connectivity index (χ0v) is 12.0. The zero-order chi connectivity index (χ0) is 15.5. The molecule has 0 fully saturated rings. The van der Waals surface area contributed by atoms with Crippen LogP contribution in [0.2, 0.25) is 0 Å². The third-order valence-corrected chi connectivity index (χ3v) is 2.93. The van der Waals surface area contributed by atoms with Gasteiger partial charge in [-0.2, -0.15) is 0 Å². The first kappa shape index (κ1) is 17.1. The SMILES string of the molecule is NCCCCCCC(=O)NCC(=O)Nc1ccc(F)cc1. The summed E-state index contributed by atoms with van der Waals surface area (Å²) in [5, 5.41) is 5.13. The lowest BCUT2D eigenvalue weighted by Gasteiger charge is -2.07. The minimum atomic E-state index is -0.365. The number of hydrogen-bond donors (Lipinski definition) is 3. The Labute approximate surface area is 124 Å². The number of carbonyl (C=O) groups excluding carboxylic acids is 2. The van der Waals surface area contributed by atoms with Gasteiger partial charge in [0.05, 0.1) is 6.54 Å². The first-order chi connectivity index (χ1) is 10.1. The van der Waals surface area contributed by atoms with Gasteiger partial charge in [-0.3, -0.25) is 9.59 Å². The molecule has 0 radical (unpaired) electrons. The number of rotatable bonds is 9. The lowest BCUT2D eigenvalue weighted by Crippen LogP contribution is -2.32. The number of halogens is 1. The summed E-state index contributed by atoms with van der Waals surface area (Å²) >= 11 is 0. The Hall–Kier alpha value is -1.95. The van der Waals surface area contributed by atoms with Crippen molar-refractivity contribution < 1.29 is 14.0 Å². The number of anilines is 1. The number of amides is 2. The standard InChI is InChI=1S/C15H22FN3O2/c16-12-6-8-13(9-7-12)19-15(21)11-18-14(20)5-3-1-2-4-10-17/h6-9H,1-5,10-11,17H2,(H,18,20)(H,19,21). The Kier molecular flexibility index (Phi) is 8.04. The molecule has 0 aromatic heterocycles. The smallest absolute Gasteiger partial charge is 0.243 e. The van der Waals surface area contributed by atoms with Crippen molar-refractivity contribution in [2.75, 3.05) is 18.4 Å². The third-order valence-electron chi connectivity index (χ3n) is 2.93. The van der Waals surface area contributed by atoms with Gasteiger partial charge in [0.25, 0.3) is 0 Å². The monoisotopic (exact) mass is 295 g/mol. The Balaban J connectivity index is 2.14. The Bertz CT molecular complexity index is 449. The van der Waals surface area contributed by atoms with E-state index >= 15 is 0 Å². The van der Waals surface area contributed by atoms with Crippen molar-refractivity contribution in [3.05, 3.63) is 30.1 Å². The largest absolute Gasteiger partial charge is 0.347 e. The van der Waals surface area contributed by atoms with Gasteiger partial charge in [-0.25, -0.2) is 4.39 Å². The van der Waals surface area contributed by atoms with Crippen LogP contribution in [0.1, 0.15) is 32.1 Å². The molecule has 116 valence electrons. The average Bonchev–Trinajstić information content (AvgIpc) is 2.47. The van der Waals surface area contributed by atoms with Crippen molar-refractivity contribution in [2.45, 2.75) is 32.1 Å². The number of benzene rings is 1. The van der Waals surface area contributed by atoms with E-state index in [0.29, 0.717) is 18.7 Å². The number of nitrogens with one attached hydrogen (secondary N) is 2. The number of hydrogen-bond acceptors (Lipinski definition) is 3. The van der Waals surface area contributed by atoms with Crippen molar-refractivity contribution in [3.8, 4) is 0 Å². The zero-order valence-electron chi connectivity index (χ0n) is 12.0. The normalized spacial score (nSPS) is 10.2. The summed E-state index contributed by atoms with van der Waals surface area (Å²) in [6.45, 7) is 0.592. The van der Waals surface area contributed by atoms with Gasteiger partial charge in [0.15, 0.2) is 0 Å². The highest BCUT2D eigenvalue weighted by molar-refractivity contribution is 5.94. The van der Waals surface area contributed by atoms with Gasteiger partial charge in [0.1, 0.15) is 5.82 Å². The molecule has 0 unspecified atom stereocenters. The van der Waals surface area contributed by atoms with E-state index in [2.05, 4.69) is 10.6 Å². The highest BCUT2D eigenvalue weighted by Gasteiger charge is 2.06. The molecule has 0 saturated carbocycles. The lowest BCUT2D eigenvalue weighted by molar-refractivity contribution is -0.124. The molecule has 6 heteroatoms. The first-order valence-corrected chi connectivity index (χ1v) is 7.14. The molecular formula is C15H22FN3O2. The molecule has 2 amide bonds. The molecule has 0 atom stereocenters. The van der Waals surface area contributed by atoms with Gasteiger partial charge in [-0.05, 0) is 43.7 Å². The van der Waals surface area contributed by atoms with E-state index in [4.69, 9.17) is 5.73 Å². The van der Waals surface area contributed by atoms with Crippen LogP contribution in [0.25, 0.3) is 0 Å². The predicted molar refractivity (Wildman–Crippen MR) is 80.2 cm³/mol. The molecule has 1 rings (SSSR count). The minimum Gasteiger partial charge on any atom is -0.347 e. The third kappa shape index (κ3) is 8.04. The summed E-state index contributed by atoms with van der Waals surface area (Å²) in [5.74, 6) is -0.842. The van der Waals surface area contributed by atoms with Crippen molar-refractivity contribution in [2.24, 2.45) is 5.73 Å².